The summed E-state index contributed by atoms with van der Waals surface area (Å²) in [6.07, 6.45) is 5.78. The van der Waals surface area contributed by atoms with Crippen LogP contribution >= 0.6 is 0 Å². The molecule has 3 aromatic rings. The molecule has 138 valence electrons. The standard InChI is InChI=1S/C25H21NO2/c1-2-18-9-3-4-10-19(18)15-16-26-25(27)28-17-24-22-13-7-5-11-20(22)21-12-6-8-14-23(21)24/h1,3-14,24H,15-17H2,(H,26,27). The average molecular weight is 367 g/mol. The number of benzene rings is 3. The predicted octanol–water partition coefficient (Wildman–Crippen LogP) is 4.75. The molecule has 0 unspecified atom stereocenters. The van der Waals surface area contributed by atoms with Gasteiger partial charge in [-0.15, -0.1) is 6.42 Å². The summed E-state index contributed by atoms with van der Waals surface area (Å²) in [5.41, 5.74) is 6.76. The number of ether oxygens (including phenoxy) is 1. The number of hydrogen-bond donors (Lipinski definition) is 1. The van der Waals surface area contributed by atoms with Crippen LogP contribution in [0.15, 0.2) is 72.8 Å². The molecule has 0 saturated carbocycles. The Kier molecular flexibility index (Phi) is 5.12. The summed E-state index contributed by atoms with van der Waals surface area (Å²) in [4.78, 5) is 12.2. The van der Waals surface area contributed by atoms with E-state index in [1.165, 1.54) is 22.3 Å². The number of rotatable bonds is 5. The Balaban J connectivity index is 1.36. The summed E-state index contributed by atoms with van der Waals surface area (Å²) in [6, 6.07) is 24.4. The molecule has 0 heterocycles. The highest BCUT2D eigenvalue weighted by Gasteiger charge is 2.28. The van der Waals surface area contributed by atoms with Gasteiger partial charge in [0.1, 0.15) is 6.61 Å². The van der Waals surface area contributed by atoms with Gasteiger partial charge >= 0.3 is 6.09 Å². The molecule has 0 aromatic heterocycles. The maximum absolute atomic E-state index is 12.2. The second-order valence-corrected chi connectivity index (χ2v) is 6.80. The van der Waals surface area contributed by atoms with Gasteiger partial charge < -0.3 is 10.1 Å². The Bertz CT molecular complexity index is 1000. The minimum absolute atomic E-state index is 0.0697. The van der Waals surface area contributed by atoms with Crippen LogP contribution in [-0.2, 0) is 11.2 Å². The maximum atomic E-state index is 12.2. The third-order valence-electron chi connectivity index (χ3n) is 5.18. The van der Waals surface area contributed by atoms with Gasteiger partial charge in [-0.1, -0.05) is 72.7 Å². The second kappa shape index (κ2) is 8.02. The zero-order valence-electron chi connectivity index (χ0n) is 15.5. The summed E-state index contributed by atoms with van der Waals surface area (Å²) in [7, 11) is 0. The Morgan fingerprint density at radius 3 is 2.21 bits per heavy atom. The van der Waals surface area contributed by atoms with Crippen molar-refractivity contribution in [2.75, 3.05) is 13.2 Å². The fraction of sp³-hybridized carbons (Fsp3) is 0.160. The highest BCUT2D eigenvalue weighted by atomic mass is 16.5. The Morgan fingerprint density at radius 2 is 1.54 bits per heavy atom. The number of carbonyl (C=O) groups is 1. The summed E-state index contributed by atoms with van der Waals surface area (Å²) in [5.74, 6) is 2.74. The van der Waals surface area contributed by atoms with Crippen LogP contribution in [0.1, 0.15) is 28.2 Å². The molecular weight excluding hydrogens is 346 g/mol. The van der Waals surface area contributed by atoms with E-state index in [0.29, 0.717) is 19.6 Å². The van der Waals surface area contributed by atoms with Crippen LogP contribution in [0.2, 0.25) is 0 Å². The summed E-state index contributed by atoms with van der Waals surface area (Å²) < 4.78 is 5.54. The van der Waals surface area contributed by atoms with Gasteiger partial charge in [-0.3, -0.25) is 0 Å². The van der Waals surface area contributed by atoms with Crippen molar-refractivity contribution in [3.05, 3.63) is 95.1 Å². The quantitative estimate of drug-likeness (QED) is 0.661. The zero-order chi connectivity index (χ0) is 19.3. The van der Waals surface area contributed by atoms with E-state index in [0.717, 1.165) is 11.1 Å². The third kappa shape index (κ3) is 3.50. The molecule has 1 N–H and O–H groups in total. The van der Waals surface area contributed by atoms with E-state index in [1.54, 1.807) is 0 Å². The van der Waals surface area contributed by atoms with Crippen molar-refractivity contribution in [1.82, 2.24) is 5.32 Å². The van der Waals surface area contributed by atoms with Crippen molar-refractivity contribution >= 4 is 6.09 Å². The Labute approximate surface area is 165 Å². The van der Waals surface area contributed by atoms with Gasteiger partial charge in [-0.2, -0.15) is 0 Å². The first-order chi connectivity index (χ1) is 13.8. The first-order valence-electron chi connectivity index (χ1n) is 9.41. The number of terminal acetylenes is 1. The van der Waals surface area contributed by atoms with Crippen LogP contribution in [0.5, 0.6) is 0 Å². The van der Waals surface area contributed by atoms with E-state index >= 15 is 0 Å². The first kappa shape index (κ1) is 17.9. The van der Waals surface area contributed by atoms with Crippen LogP contribution in [0.4, 0.5) is 4.79 Å². The average Bonchev–Trinajstić information content (AvgIpc) is 3.06. The van der Waals surface area contributed by atoms with Crippen LogP contribution in [0, 0.1) is 12.3 Å². The van der Waals surface area contributed by atoms with Crippen molar-refractivity contribution in [3.8, 4) is 23.5 Å². The van der Waals surface area contributed by atoms with E-state index in [2.05, 4.69) is 35.5 Å². The van der Waals surface area contributed by atoms with Gasteiger partial charge in [0, 0.05) is 18.0 Å². The van der Waals surface area contributed by atoms with Crippen molar-refractivity contribution in [3.63, 3.8) is 0 Å². The molecule has 0 atom stereocenters. The molecule has 1 aliphatic rings. The van der Waals surface area contributed by atoms with Gasteiger partial charge in [-0.25, -0.2) is 4.79 Å². The molecular formula is C25H21NO2. The largest absolute Gasteiger partial charge is 0.449 e. The lowest BCUT2D eigenvalue weighted by molar-refractivity contribution is 0.143. The second-order valence-electron chi connectivity index (χ2n) is 6.80. The van der Waals surface area contributed by atoms with Gasteiger partial charge in [0.15, 0.2) is 0 Å². The molecule has 0 bridgehead atoms. The van der Waals surface area contributed by atoms with E-state index in [1.807, 2.05) is 48.5 Å². The Morgan fingerprint density at radius 1 is 0.929 bits per heavy atom. The summed E-state index contributed by atoms with van der Waals surface area (Å²) >= 11 is 0. The van der Waals surface area contributed by atoms with Gasteiger partial charge in [0.25, 0.3) is 0 Å². The number of carbonyl (C=O) groups excluding carboxylic acids is 1. The lowest BCUT2D eigenvalue weighted by Crippen LogP contribution is -2.28. The molecule has 3 aromatic carbocycles. The number of alkyl carbamates (subject to hydrolysis) is 1. The topological polar surface area (TPSA) is 38.3 Å². The monoisotopic (exact) mass is 367 g/mol. The molecule has 3 heteroatoms. The minimum atomic E-state index is -0.403. The number of amides is 1. The molecule has 28 heavy (non-hydrogen) atoms. The van der Waals surface area contributed by atoms with E-state index in [-0.39, 0.29) is 5.92 Å². The lowest BCUT2D eigenvalue weighted by Gasteiger charge is -2.14. The number of fused-ring (bicyclic) bond motifs is 3. The molecule has 1 amide bonds. The van der Waals surface area contributed by atoms with Crippen molar-refractivity contribution in [2.24, 2.45) is 0 Å². The molecule has 4 rings (SSSR count). The fourth-order valence-electron chi connectivity index (χ4n) is 3.83. The SMILES string of the molecule is C#Cc1ccccc1CCNC(=O)OCC1c2ccccc2-c2ccccc21. The van der Waals surface area contributed by atoms with Crippen molar-refractivity contribution < 1.29 is 9.53 Å². The molecule has 0 saturated heterocycles. The minimum Gasteiger partial charge on any atom is -0.449 e. The Hall–Kier alpha value is -3.51. The van der Waals surface area contributed by atoms with Crippen LogP contribution in [0.3, 0.4) is 0 Å². The van der Waals surface area contributed by atoms with E-state index < -0.39 is 6.09 Å². The molecule has 1 aliphatic carbocycles. The fourth-order valence-corrected chi connectivity index (χ4v) is 3.83. The molecule has 0 spiro atoms. The highest BCUT2D eigenvalue weighted by Crippen LogP contribution is 2.44. The molecule has 0 aliphatic heterocycles. The maximum Gasteiger partial charge on any atom is 0.407 e. The highest BCUT2D eigenvalue weighted by molar-refractivity contribution is 5.79. The van der Waals surface area contributed by atoms with Crippen LogP contribution in [0.25, 0.3) is 11.1 Å². The van der Waals surface area contributed by atoms with E-state index in [4.69, 9.17) is 11.2 Å². The molecule has 0 radical (unpaired) electrons. The predicted molar refractivity (Wildman–Crippen MR) is 111 cm³/mol. The third-order valence-corrected chi connectivity index (χ3v) is 5.18. The smallest absolute Gasteiger partial charge is 0.407 e. The molecule has 0 fully saturated rings. The van der Waals surface area contributed by atoms with E-state index in [9.17, 15) is 4.79 Å². The van der Waals surface area contributed by atoms with Crippen molar-refractivity contribution in [1.29, 1.82) is 0 Å². The summed E-state index contributed by atoms with van der Waals surface area (Å²) in [6.45, 7) is 0.802. The van der Waals surface area contributed by atoms with Crippen LogP contribution in [-0.4, -0.2) is 19.2 Å². The van der Waals surface area contributed by atoms with Gasteiger partial charge in [0.05, 0.1) is 0 Å². The lowest BCUT2D eigenvalue weighted by atomic mass is 9.98. The van der Waals surface area contributed by atoms with Gasteiger partial charge in [-0.05, 0) is 40.3 Å². The zero-order valence-corrected chi connectivity index (χ0v) is 15.5. The number of nitrogens with one attached hydrogen (secondary N) is 1. The number of hydrogen-bond acceptors (Lipinski definition) is 2. The summed E-state index contributed by atoms with van der Waals surface area (Å²) in [5, 5.41) is 2.82. The van der Waals surface area contributed by atoms with Crippen LogP contribution < -0.4 is 5.32 Å². The van der Waals surface area contributed by atoms with Crippen molar-refractivity contribution in [2.45, 2.75) is 12.3 Å². The molecule has 3 nitrogen and oxygen atoms in total. The first-order valence-corrected chi connectivity index (χ1v) is 9.41. The normalized spacial score (nSPS) is 12.0. The van der Waals surface area contributed by atoms with Gasteiger partial charge in [0.2, 0.25) is 0 Å².